The molecule has 4 aromatic rings. The summed E-state index contributed by atoms with van der Waals surface area (Å²) in [6.45, 7) is 8.71. The van der Waals surface area contributed by atoms with E-state index in [1.807, 2.05) is 30.0 Å². The van der Waals surface area contributed by atoms with E-state index >= 15 is 0 Å². The molecule has 2 unspecified atom stereocenters. The fraction of sp³-hybridized carbons (Fsp3) is 0.521. The van der Waals surface area contributed by atoms with Crippen molar-refractivity contribution in [2.45, 2.75) is 88.2 Å². The molecule has 3 amide bonds. The van der Waals surface area contributed by atoms with Crippen LogP contribution in [0.2, 0.25) is 0 Å². The zero-order valence-corrected chi connectivity index (χ0v) is 35.9. The van der Waals surface area contributed by atoms with Gasteiger partial charge in [0.15, 0.2) is 0 Å². The standard InChI is InChI=1S/C48H55F2N7O6/c1-28-17-36-33-5-3-4-6-37(33)51-44(36)45(56(28)25-42(49)50)34-8-7-31(19-40(34)61-2)54-13-11-48(12-14-54)21-29(26-63-48)22-53-15-16-55-32(24-53)27-62-41-20-35-30(18-39(41)55)23-57(47(35)60)38-9-10-43(58)52-46(38)59/h3-8,18-20,28-29,32,38,42,45,51H,9-17,21-27H2,1-2H3,(H,52,58,59)/t28-,29?,32+,38?,45-/m1/s1. The Balaban J connectivity index is 0.720. The van der Waals surface area contributed by atoms with Gasteiger partial charge in [0.1, 0.15) is 24.1 Å². The molecule has 4 saturated heterocycles. The lowest BCUT2D eigenvalue weighted by molar-refractivity contribution is -0.136. The first-order valence-corrected chi connectivity index (χ1v) is 22.7. The number of fused-ring (bicyclic) bond motifs is 7. The van der Waals surface area contributed by atoms with E-state index in [1.165, 1.54) is 5.56 Å². The van der Waals surface area contributed by atoms with Crippen molar-refractivity contribution in [2.24, 2.45) is 5.92 Å². The number of aromatic amines is 1. The molecule has 4 fully saturated rings. The van der Waals surface area contributed by atoms with Gasteiger partial charge in [0.25, 0.3) is 12.3 Å². The lowest BCUT2D eigenvalue weighted by atomic mass is 9.84. The fourth-order valence-corrected chi connectivity index (χ4v) is 12.0. The van der Waals surface area contributed by atoms with E-state index < -0.39 is 18.4 Å². The Hall–Kier alpha value is -5.25. The van der Waals surface area contributed by atoms with Crippen molar-refractivity contribution >= 4 is 40.0 Å². The molecule has 0 aliphatic carbocycles. The van der Waals surface area contributed by atoms with Crippen molar-refractivity contribution in [3.63, 3.8) is 0 Å². The molecular weight excluding hydrogens is 809 g/mol. The minimum absolute atomic E-state index is 0.0739. The number of ether oxygens (including phenoxy) is 3. The number of benzene rings is 3. The van der Waals surface area contributed by atoms with Crippen LogP contribution in [0.4, 0.5) is 20.2 Å². The Kier molecular flexibility index (Phi) is 10.1. The van der Waals surface area contributed by atoms with E-state index in [0.29, 0.717) is 49.0 Å². The van der Waals surface area contributed by atoms with E-state index in [-0.39, 0.29) is 48.5 Å². The molecule has 2 N–H and O–H groups in total. The SMILES string of the molecule is COc1cc(N2CCC3(CC2)CC(CN2CCN4c5cc6c(cc5OC[C@@H]4C2)C(=O)N(C2CCC(=O)NC2=O)C6)CO3)ccc1[C@@H]1c2[nH]c3ccccc3c2C[C@@H](C)N1CC(F)F. The summed E-state index contributed by atoms with van der Waals surface area (Å²) in [4.78, 5) is 52.3. The molecule has 8 heterocycles. The zero-order valence-electron chi connectivity index (χ0n) is 35.9. The third kappa shape index (κ3) is 7.10. The number of hydrogen-bond acceptors (Lipinski definition) is 10. The highest BCUT2D eigenvalue weighted by Gasteiger charge is 2.46. The second-order valence-electron chi connectivity index (χ2n) is 18.9. The van der Waals surface area contributed by atoms with E-state index in [0.717, 1.165) is 104 Å². The number of halogens is 2. The third-order valence-electron chi connectivity index (χ3n) is 15.1. The van der Waals surface area contributed by atoms with Crippen LogP contribution in [-0.4, -0.2) is 134 Å². The predicted molar refractivity (Wildman–Crippen MR) is 233 cm³/mol. The van der Waals surface area contributed by atoms with Gasteiger partial charge in [-0.15, -0.1) is 0 Å². The molecular formula is C48H55F2N7O6. The number of piperazine rings is 1. The number of para-hydroxylation sites is 1. The summed E-state index contributed by atoms with van der Waals surface area (Å²) in [7, 11) is 1.67. The second kappa shape index (κ2) is 15.8. The Labute approximate surface area is 365 Å². The van der Waals surface area contributed by atoms with Crippen LogP contribution in [0.25, 0.3) is 10.9 Å². The van der Waals surface area contributed by atoms with E-state index in [4.69, 9.17) is 14.2 Å². The van der Waals surface area contributed by atoms with E-state index in [1.54, 1.807) is 12.0 Å². The largest absolute Gasteiger partial charge is 0.496 e. The number of methoxy groups -OCH3 is 1. The maximum atomic E-state index is 14.1. The van der Waals surface area contributed by atoms with Crippen LogP contribution >= 0.6 is 0 Å². The number of nitrogens with one attached hydrogen (secondary N) is 2. The van der Waals surface area contributed by atoms with Crippen LogP contribution in [0.5, 0.6) is 11.5 Å². The van der Waals surface area contributed by atoms with Crippen LogP contribution in [0, 0.1) is 5.92 Å². The monoisotopic (exact) mass is 863 g/mol. The van der Waals surface area contributed by atoms with Gasteiger partial charge in [0, 0.05) is 97.8 Å². The molecule has 0 radical (unpaired) electrons. The molecule has 3 aromatic carbocycles. The van der Waals surface area contributed by atoms with Crippen molar-refractivity contribution in [2.75, 3.05) is 75.9 Å². The van der Waals surface area contributed by atoms with Crippen LogP contribution in [-0.2, 0) is 27.3 Å². The Bertz CT molecular complexity index is 2470. The van der Waals surface area contributed by atoms with E-state index in [2.05, 4.69) is 61.4 Å². The highest BCUT2D eigenvalue weighted by Crippen LogP contribution is 2.47. The normalized spacial score (nSPS) is 27.1. The summed E-state index contributed by atoms with van der Waals surface area (Å²) in [5.41, 5.74) is 7.47. The van der Waals surface area contributed by atoms with Crippen LogP contribution in [0.15, 0.2) is 54.6 Å². The quantitative estimate of drug-likeness (QED) is 0.220. The molecule has 13 nitrogen and oxygen atoms in total. The number of H-pyrrole nitrogens is 1. The maximum Gasteiger partial charge on any atom is 0.255 e. The molecule has 7 aliphatic rings. The van der Waals surface area contributed by atoms with Gasteiger partial charge in [-0.05, 0) is 80.3 Å². The Morgan fingerprint density at radius 3 is 2.63 bits per heavy atom. The molecule has 7 aliphatic heterocycles. The summed E-state index contributed by atoms with van der Waals surface area (Å²) < 4.78 is 47.3. The molecule has 63 heavy (non-hydrogen) atoms. The maximum absolute atomic E-state index is 14.1. The lowest BCUT2D eigenvalue weighted by Gasteiger charge is -2.46. The molecule has 5 atom stereocenters. The Morgan fingerprint density at radius 2 is 1.83 bits per heavy atom. The van der Waals surface area contributed by atoms with Gasteiger partial charge >= 0.3 is 0 Å². The summed E-state index contributed by atoms with van der Waals surface area (Å²) in [6.07, 6.45) is 1.71. The number of rotatable bonds is 8. The first-order valence-electron chi connectivity index (χ1n) is 22.7. The molecule has 15 heteroatoms. The minimum Gasteiger partial charge on any atom is -0.496 e. The average Bonchev–Trinajstić information content (AvgIpc) is 3.95. The molecule has 0 saturated carbocycles. The molecule has 332 valence electrons. The zero-order chi connectivity index (χ0) is 43.1. The number of piperidine rings is 2. The van der Waals surface area contributed by atoms with Gasteiger partial charge in [0.05, 0.1) is 43.6 Å². The van der Waals surface area contributed by atoms with Crippen LogP contribution in [0.3, 0.4) is 0 Å². The Morgan fingerprint density at radius 1 is 0.984 bits per heavy atom. The summed E-state index contributed by atoms with van der Waals surface area (Å²) >= 11 is 0. The number of anilines is 2. The van der Waals surface area contributed by atoms with Crippen molar-refractivity contribution in [1.82, 2.24) is 25.0 Å². The van der Waals surface area contributed by atoms with Gasteiger partial charge in [-0.1, -0.05) is 24.3 Å². The second-order valence-corrected chi connectivity index (χ2v) is 18.9. The van der Waals surface area contributed by atoms with Crippen LogP contribution < -0.4 is 24.6 Å². The average molecular weight is 864 g/mol. The topological polar surface area (TPSA) is 123 Å². The van der Waals surface area contributed by atoms with Crippen molar-refractivity contribution < 1.29 is 37.4 Å². The smallest absolute Gasteiger partial charge is 0.255 e. The van der Waals surface area contributed by atoms with Gasteiger partial charge in [-0.2, -0.15) is 0 Å². The molecule has 0 bridgehead atoms. The first kappa shape index (κ1) is 40.5. The highest BCUT2D eigenvalue weighted by molar-refractivity contribution is 6.06. The number of alkyl halides is 2. The summed E-state index contributed by atoms with van der Waals surface area (Å²) in [5.74, 6) is 0.968. The van der Waals surface area contributed by atoms with Crippen molar-refractivity contribution in [3.8, 4) is 11.5 Å². The van der Waals surface area contributed by atoms with Gasteiger partial charge in [0.2, 0.25) is 11.8 Å². The third-order valence-corrected chi connectivity index (χ3v) is 15.1. The lowest BCUT2D eigenvalue weighted by Crippen LogP contribution is -2.58. The summed E-state index contributed by atoms with van der Waals surface area (Å²) in [5, 5.41) is 3.53. The summed E-state index contributed by atoms with van der Waals surface area (Å²) in [6, 6.07) is 17.5. The number of hydrogen-bond donors (Lipinski definition) is 2. The minimum atomic E-state index is -2.46. The first-order chi connectivity index (χ1) is 30.5. The molecule has 1 spiro atoms. The van der Waals surface area contributed by atoms with Crippen LogP contribution in [0.1, 0.15) is 77.8 Å². The number of carbonyl (C=O) groups excluding carboxylic acids is 3. The molecule has 11 rings (SSSR count). The number of aromatic nitrogens is 1. The number of carbonyl (C=O) groups is 3. The van der Waals surface area contributed by atoms with Gasteiger partial charge in [-0.3, -0.25) is 29.5 Å². The number of amides is 3. The molecule has 1 aromatic heterocycles. The van der Waals surface area contributed by atoms with E-state index in [9.17, 15) is 23.2 Å². The highest BCUT2D eigenvalue weighted by atomic mass is 19.3. The number of imide groups is 1. The predicted octanol–water partition coefficient (Wildman–Crippen LogP) is 5.50. The van der Waals surface area contributed by atoms with Crippen molar-refractivity contribution in [1.29, 1.82) is 0 Å². The number of nitrogens with zero attached hydrogens (tertiary/aromatic N) is 5. The fourth-order valence-electron chi connectivity index (χ4n) is 12.0. The van der Waals surface area contributed by atoms with Crippen molar-refractivity contribution in [3.05, 3.63) is 82.5 Å². The van der Waals surface area contributed by atoms with Gasteiger partial charge < -0.3 is 33.9 Å². The van der Waals surface area contributed by atoms with Gasteiger partial charge in [-0.25, -0.2) is 8.78 Å².